The van der Waals surface area contributed by atoms with Gasteiger partial charge in [0, 0.05) is 19.1 Å². The second-order valence-corrected chi connectivity index (χ2v) is 7.55. The summed E-state index contributed by atoms with van der Waals surface area (Å²) in [5.74, 6) is -2.20. The highest BCUT2D eigenvalue weighted by Crippen LogP contribution is 2.34. The first kappa shape index (κ1) is 20.3. The second kappa shape index (κ2) is 7.69. The average Bonchev–Trinajstić information content (AvgIpc) is 3.40. The normalized spacial score (nSPS) is 19.6. The Morgan fingerprint density at radius 2 is 1.80 bits per heavy atom. The summed E-state index contributed by atoms with van der Waals surface area (Å²) in [5, 5.41) is 9.86. The predicted octanol–water partition coefficient (Wildman–Crippen LogP) is 2.56. The van der Waals surface area contributed by atoms with E-state index in [1.54, 1.807) is 0 Å². The smallest absolute Gasteiger partial charge is 0.353 e. The van der Waals surface area contributed by atoms with Crippen molar-refractivity contribution in [2.24, 2.45) is 5.92 Å². The largest absolute Gasteiger partial charge is 0.435 e. The van der Waals surface area contributed by atoms with Crippen LogP contribution in [-0.2, 0) is 11.0 Å². The third kappa shape index (κ3) is 4.14. The number of carbonyl (C=O) groups excluding carboxylic acids is 2. The Labute approximate surface area is 169 Å². The van der Waals surface area contributed by atoms with Gasteiger partial charge >= 0.3 is 6.18 Å². The highest BCUT2D eigenvalue weighted by molar-refractivity contribution is 5.94. The molecule has 1 aliphatic heterocycles. The van der Waals surface area contributed by atoms with Crippen molar-refractivity contribution in [2.45, 2.75) is 37.9 Å². The van der Waals surface area contributed by atoms with Crippen LogP contribution in [0.2, 0.25) is 0 Å². The Morgan fingerprint density at radius 1 is 1.10 bits per heavy atom. The molecule has 2 aliphatic rings. The molecular formula is C19H19F4N5O2. The van der Waals surface area contributed by atoms with Crippen LogP contribution in [-0.4, -0.2) is 50.8 Å². The first-order chi connectivity index (χ1) is 14.2. The number of hydrogen-bond donors (Lipinski definition) is 1. The van der Waals surface area contributed by atoms with Gasteiger partial charge in [0.15, 0.2) is 11.4 Å². The van der Waals surface area contributed by atoms with Crippen LogP contribution in [0.5, 0.6) is 0 Å². The summed E-state index contributed by atoms with van der Waals surface area (Å²) in [4.78, 5) is 26.4. The molecule has 2 aromatic rings. The molecule has 7 nitrogen and oxygen atoms in total. The number of rotatable bonds is 4. The van der Waals surface area contributed by atoms with Gasteiger partial charge in [-0.1, -0.05) is 5.21 Å². The first-order valence-electron chi connectivity index (χ1n) is 9.62. The number of hydrogen-bond acceptors (Lipinski definition) is 4. The SMILES string of the molecule is O=C(NC1CC1)C1CCCN(C(=O)c2nnn(-c3ccc(F)cc3)c2C(F)(F)F)C1. The monoisotopic (exact) mass is 425 g/mol. The molecule has 0 bridgehead atoms. The maximum absolute atomic E-state index is 13.8. The minimum Gasteiger partial charge on any atom is -0.353 e. The number of nitrogens with one attached hydrogen (secondary N) is 1. The lowest BCUT2D eigenvalue weighted by atomic mass is 9.96. The van der Waals surface area contributed by atoms with Crippen LogP contribution in [0.4, 0.5) is 17.6 Å². The summed E-state index contributed by atoms with van der Waals surface area (Å²) in [5.41, 5.74) is -2.24. The summed E-state index contributed by atoms with van der Waals surface area (Å²) < 4.78 is 55.0. The third-order valence-electron chi connectivity index (χ3n) is 5.22. The van der Waals surface area contributed by atoms with E-state index >= 15 is 0 Å². The lowest BCUT2D eigenvalue weighted by Gasteiger charge is -2.31. The van der Waals surface area contributed by atoms with Crippen molar-refractivity contribution in [2.75, 3.05) is 13.1 Å². The molecule has 1 aromatic heterocycles. The van der Waals surface area contributed by atoms with E-state index < -0.39 is 35.2 Å². The van der Waals surface area contributed by atoms with Crippen molar-refractivity contribution in [1.82, 2.24) is 25.2 Å². The van der Waals surface area contributed by atoms with Gasteiger partial charge in [-0.3, -0.25) is 9.59 Å². The van der Waals surface area contributed by atoms with Crippen LogP contribution in [0, 0.1) is 11.7 Å². The summed E-state index contributed by atoms with van der Waals surface area (Å²) in [7, 11) is 0. The molecule has 2 amide bonds. The lowest BCUT2D eigenvalue weighted by Crippen LogP contribution is -2.46. The molecule has 1 atom stereocenters. The fourth-order valence-corrected chi connectivity index (χ4v) is 3.52. The van der Waals surface area contributed by atoms with Gasteiger partial charge < -0.3 is 10.2 Å². The van der Waals surface area contributed by atoms with Crippen molar-refractivity contribution >= 4 is 11.8 Å². The molecule has 2 heterocycles. The maximum Gasteiger partial charge on any atom is 0.435 e. The zero-order valence-electron chi connectivity index (χ0n) is 15.8. The molecule has 1 aromatic carbocycles. The minimum atomic E-state index is -4.92. The quantitative estimate of drug-likeness (QED) is 0.764. The number of piperidine rings is 1. The number of carbonyl (C=O) groups is 2. The van der Waals surface area contributed by atoms with Gasteiger partial charge in [0.2, 0.25) is 5.91 Å². The first-order valence-corrected chi connectivity index (χ1v) is 9.62. The molecule has 160 valence electrons. The van der Waals surface area contributed by atoms with Crippen LogP contribution in [0.3, 0.4) is 0 Å². The number of likely N-dealkylation sites (tertiary alicyclic amines) is 1. The van der Waals surface area contributed by atoms with Crippen LogP contribution >= 0.6 is 0 Å². The fraction of sp³-hybridized carbons (Fsp3) is 0.474. The standard InChI is InChI=1S/C19H19F4N5O2/c20-12-3-7-14(8-4-12)28-16(19(21,22)23)15(25-26-28)18(30)27-9-1-2-11(10-27)17(29)24-13-5-6-13/h3-4,7-8,11,13H,1-2,5-6,9-10H2,(H,24,29). The van der Waals surface area contributed by atoms with Crippen LogP contribution in [0.25, 0.3) is 5.69 Å². The van der Waals surface area contributed by atoms with E-state index in [1.165, 1.54) is 4.90 Å². The van der Waals surface area contributed by atoms with Gasteiger partial charge in [-0.05, 0) is 49.9 Å². The van der Waals surface area contributed by atoms with Crippen LogP contribution < -0.4 is 5.32 Å². The molecule has 1 saturated heterocycles. The van der Waals surface area contributed by atoms with Crippen molar-refractivity contribution in [3.63, 3.8) is 0 Å². The maximum atomic E-state index is 13.8. The number of nitrogens with zero attached hydrogens (tertiary/aromatic N) is 4. The second-order valence-electron chi connectivity index (χ2n) is 7.55. The predicted molar refractivity (Wildman–Crippen MR) is 96.1 cm³/mol. The van der Waals surface area contributed by atoms with E-state index in [0.717, 1.165) is 37.1 Å². The van der Waals surface area contributed by atoms with Crippen molar-refractivity contribution in [3.8, 4) is 5.69 Å². The molecule has 0 radical (unpaired) electrons. The van der Waals surface area contributed by atoms with Gasteiger partial charge in [0.1, 0.15) is 5.82 Å². The topological polar surface area (TPSA) is 80.1 Å². The number of amides is 2. The van der Waals surface area contributed by atoms with E-state index in [2.05, 4.69) is 15.6 Å². The molecule has 30 heavy (non-hydrogen) atoms. The third-order valence-corrected chi connectivity index (χ3v) is 5.22. The molecule has 1 unspecified atom stereocenters. The summed E-state index contributed by atoms with van der Waals surface area (Å²) in [6, 6.07) is 4.38. The Hall–Kier alpha value is -2.98. The molecule has 1 saturated carbocycles. The Bertz CT molecular complexity index is 953. The highest BCUT2D eigenvalue weighted by Gasteiger charge is 2.43. The van der Waals surface area contributed by atoms with Crippen molar-refractivity contribution in [3.05, 3.63) is 41.5 Å². The number of alkyl halides is 3. The molecule has 2 fully saturated rings. The van der Waals surface area contributed by atoms with Crippen molar-refractivity contribution in [1.29, 1.82) is 0 Å². The van der Waals surface area contributed by atoms with Gasteiger partial charge in [0.05, 0.1) is 11.6 Å². The zero-order chi connectivity index (χ0) is 21.5. The Balaban J connectivity index is 1.60. The highest BCUT2D eigenvalue weighted by atomic mass is 19.4. The van der Waals surface area contributed by atoms with E-state index in [9.17, 15) is 27.2 Å². The summed E-state index contributed by atoms with van der Waals surface area (Å²) in [6.45, 7) is 0.255. The molecule has 1 N–H and O–H groups in total. The minimum absolute atomic E-state index is 0.0259. The van der Waals surface area contributed by atoms with E-state index in [-0.39, 0.29) is 30.7 Å². The molecular weight excluding hydrogens is 406 g/mol. The Morgan fingerprint density at radius 3 is 2.43 bits per heavy atom. The van der Waals surface area contributed by atoms with Gasteiger partial charge in [-0.2, -0.15) is 13.2 Å². The molecule has 4 rings (SSSR count). The molecule has 11 heteroatoms. The van der Waals surface area contributed by atoms with Gasteiger partial charge in [-0.25, -0.2) is 9.07 Å². The van der Waals surface area contributed by atoms with Crippen LogP contribution in [0.1, 0.15) is 41.9 Å². The fourth-order valence-electron chi connectivity index (χ4n) is 3.52. The summed E-state index contributed by atoms with van der Waals surface area (Å²) in [6.07, 6.45) is -2.01. The van der Waals surface area contributed by atoms with Crippen LogP contribution in [0.15, 0.2) is 24.3 Å². The molecule has 1 aliphatic carbocycles. The number of benzene rings is 1. The molecule has 0 spiro atoms. The van der Waals surface area contributed by atoms with E-state index in [4.69, 9.17) is 0 Å². The average molecular weight is 425 g/mol. The Kier molecular flexibility index (Phi) is 5.20. The summed E-state index contributed by atoms with van der Waals surface area (Å²) >= 11 is 0. The van der Waals surface area contributed by atoms with Gasteiger partial charge in [-0.15, -0.1) is 5.10 Å². The van der Waals surface area contributed by atoms with Crippen molar-refractivity contribution < 1.29 is 27.2 Å². The zero-order valence-corrected chi connectivity index (χ0v) is 15.8. The van der Waals surface area contributed by atoms with E-state index in [1.807, 2.05) is 0 Å². The van der Waals surface area contributed by atoms with E-state index in [0.29, 0.717) is 17.5 Å². The number of aromatic nitrogens is 3. The lowest BCUT2D eigenvalue weighted by molar-refractivity contribution is -0.143. The number of halogens is 4. The van der Waals surface area contributed by atoms with Gasteiger partial charge in [0.25, 0.3) is 5.91 Å².